The minimum atomic E-state index is -1.20. The van der Waals surface area contributed by atoms with E-state index in [1.54, 1.807) is 6.07 Å². The van der Waals surface area contributed by atoms with Crippen LogP contribution in [0.3, 0.4) is 0 Å². The molecule has 4 aromatic rings. The summed E-state index contributed by atoms with van der Waals surface area (Å²) in [4.78, 5) is 24.6. The van der Waals surface area contributed by atoms with Gasteiger partial charge in [0.1, 0.15) is 12.9 Å². The second-order valence-corrected chi connectivity index (χ2v) is 18.9. The van der Waals surface area contributed by atoms with Crippen molar-refractivity contribution in [2.75, 3.05) is 11.9 Å². The summed E-state index contributed by atoms with van der Waals surface area (Å²) in [5, 5.41) is 24.2. The Hall–Kier alpha value is -3.74. The summed E-state index contributed by atoms with van der Waals surface area (Å²) < 4.78 is 8.09. The van der Waals surface area contributed by atoms with Crippen molar-refractivity contribution in [1.82, 2.24) is 30.0 Å². The SMILES string of the molecule is CCc1cnc(NC2CCCC(C)(NCc3ccc([N+](=O)[O-])cn3)C2)nc1-c1c2ccccc2nn1COCC[Si](C)(C)C. The summed E-state index contributed by atoms with van der Waals surface area (Å²) in [6, 6.07) is 12.7. The molecular formula is C32H44N8O3Si. The number of pyridine rings is 1. The number of nitrogens with one attached hydrogen (secondary N) is 2. The van der Waals surface area contributed by atoms with Crippen molar-refractivity contribution in [2.45, 2.75) is 96.5 Å². The van der Waals surface area contributed by atoms with Crippen LogP contribution in [0.2, 0.25) is 25.7 Å². The van der Waals surface area contributed by atoms with Crippen LogP contribution in [0.15, 0.2) is 48.8 Å². The Labute approximate surface area is 260 Å². The lowest BCUT2D eigenvalue weighted by molar-refractivity contribution is -0.385. The Morgan fingerprint density at radius 2 is 1.98 bits per heavy atom. The molecule has 0 bridgehead atoms. The van der Waals surface area contributed by atoms with Crippen LogP contribution in [-0.2, 0) is 24.4 Å². The number of nitrogens with zero attached hydrogens (tertiary/aromatic N) is 6. The molecule has 0 spiro atoms. The molecule has 1 aliphatic rings. The molecule has 234 valence electrons. The average molecular weight is 617 g/mol. The number of ether oxygens (including phenoxy) is 1. The molecular weight excluding hydrogens is 572 g/mol. The minimum Gasteiger partial charge on any atom is -0.360 e. The van der Waals surface area contributed by atoms with Gasteiger partial charge < -0.3 is 15.4 Å². The van der Waals surface area contributed by atoms with Gasteiger partial charge in [0.25, 0.3) is 5.69 Å². The molecule has 5 rings (SSSR count). The quantitative estimate of drug-likeness (QED) is 0.0740. The number of nitro groups is 1. The van der Waals surface area contributed by atoms with Gasteiger partial charge in [-0.15, -0.1) is 0 Å². The van der Waals surface area contributed by atoms with Crippen molar-refractivity contribution in [2.24, 2.45) is 0 Å². The molecule has 0 aliphatic heterocycles. The van der Waals surface area contributed by atoms with Gasteiger partial charge in [-0.1, -0.05) is 44.8 Å². The summed E-state index contributed by atoms with van der Waals surface area (Å²) in [5.41, 5.74) is 4.49. The number of rotatable bonds is 13. The third-order valence-electron chi connectivity index (χ3n) is 8.35. The van der Waals surface area contributed by atoms with Crippen LogP contribution in [0, 0.1) is 10.1 Å². The first-order valence-electron chi connectivity index (χ1n) is 15.5. The molecule has 11 nitrogen and oxygen atoms in total. The Kier molecular flexibility index (Phi) is 9.71. The number of hydrogen-bond donors (Lipinski definition) is 2. The van der Waals surface area contributed by atoms with E-state index >= 15 is 0 Å². The maximum atomic E-state index is 11.0. The topological polar surface area (TPSA) is 133 Å². The smallest absolute Gasteiger partial charge is 0.287 e. The predicted octanol–water partition coefficient (Wildman–Crippen LogP) is 6.57. The van der Waals surface area contributed by atoms with Crippen molar-refractivity contribution in [3.63, 3.8) is 0 Å². The van der Waals surface area contributed by atoms with Crippen LogP contribution in [-0.4, -0.2) is 55.9 Å². The number of hydrogen-bond acceptors (Lipinski definition) is 9. The number of aromatic nitrogens is 5. The van der Waals surface area contributed by atoms with Crippen LogP contribution in [0.25, 0.3) is 22.3 Å². The van der Waals surface area contributed by atoms with Gasteiger partial charge in [0.15, 0.2) is 0 Å². The first-order chi connectivity index (χ1) is 21.0. The average Bonchev–Trinajstić information content (AvgIpc) is 3.36. The second-order valence-electron chi connectivity index (χ2n) is 13.3. The Morgan fingerprint density at radius 1 is 1.16 bits per heavy atom. The lowest BCUT2D eigenvalue weighted by Crippen LogP contribution is -2.48. The third kappa shape index (κ3) is 7.85. The van der Waals surface area contributed by atoms with E-state index in [1.807, 2.05) is 29.1 Å². The van der Waals surface area contributed by atoms with Gasteiger partial charge in [0.2, 0.25) is 5.95 Å². The maximum absolute atomic E-state index is 11.0. The van der Waals surface area contributed by atoms with E-state index in [0.29, 0.717) is 19.2 Å². The monoisotopic (exact) mass is 616 g/mol. The zero-order valence-corrected chi connectivity index (χ0v) is 27.5. The molecule has 3 aromatic heterocycles. The zero-order valence-electron chi connectivity index (χ0n) is 26.5. The fourth-order valence-electron chi connectivity index (χ4n) is 5.78. The summed E-state index contributed by atoms with van der Waals surface area (Å²) in [6.07, 6.45) is 8.04. The van der Waals surface area contributed by atoms with Crippen molar-refractivity contribution >= 4 is 30.6 Å². The standard InChI is InChI=1S/C32H44N8O3Si/c1-6-23-19-34-31(36-24-10-9-15-32(2,18-24)35-20-25-13-14-26(21-33-25)40(41)42)37-29(23)30-27-11-7-8-12-28(27)38-39(30)22-43-16-17-44(3,4)5/h7-8,11-14,19,21,24,35H,6,9-10,15-18,20,22H2,1-5H3,(H,34,36,37). The van der Waals surface area contributed by atoms with Crippen LogP contribution in [0.4, 0.5) is 11.6 Å². The Morgan fingerprint density at radius 3 is 2.70 bits per heavy atom. The van der Waals surface area contributed by atoms with Gasteiger partial charge in [0.05, 0.1) is 27.5 Å². The van der Waals surface area contributed by atoms with E-state index in [2.05, 4.69) is 55.2 Å². The van der Waals surface area contributed by atoms with E-state index in [9.17, 15) is 10.1 Å². The molecule has 1 saturated carbocycles. The van der Waals surface area contributed by atoms with Crippen molar-refractivity contribution in [1.29, 1.82) is 0 Å². The maximum Gasteiger partial charge on any atom is 0.287 e. The molecule has 2 atom stereocenters. The molecule has 1 aliphatic carbocycles. The second kappa shape index (κ2) is 13.5. The zero-order chi connectivity index (χ0) is 31.3. The Bertz CT molecular complexity index is 1590. The van der Waals surface area contributed by atoms with Gasteiger partial charge in [-0.05, 0) is 62.8 Å². The van der Waals surface area contributed by atoms with E-state index in [0.717, 1.165) is 78.3 Å². The molecule has 0 amide bonds. The highest BCUT2D eigenvalue weighted by atomic mass is 28.3. The largest absolute Gasteiger partial charge is 0.360 e. The molecule has 44 heavy (non-hydrogen) atoms. The van der Waals surface area contributed by atoms with Crippen LogP contribution >= 0.6 is 0 Å². The highest BCUT2D eigenvalue weighted by Crippen LogP contribution is 2.33. The highest BCUT2D eigenvalue weighted by molar-refractivity contribution is 6.76. The van der Waals surface area contributed by atoms with Gasteiger partial charge in [-0.2, -0.15) is 5.10 Å². The van der Waals surface area contributed by atoms with Crippen LogP contribution in [0.1, 0.15) is 50.8 Å². The normalized spacial score (nSPS) is 18.9. The molecule has 2 N–H and O–H groups in total. The first kappa shape index (κ1) is 31.7. The number of aryl methyl sites for hydroxylation is 1. The van der Waals surface area contributed by atoms with E-state index in [-0.39, 0.29) is 17.3 Å². The van der Waals surface area contributed by atoms with Gasteiger partial charge in [-0.25, -0.2) is 14.6 Å². The van der Waals surface area contributed by atoms with Gasteiger partial charge in [-0.3, -0.25) is 15.1 Å². The van der Waals surface area contributed by atoms with Crippen LogP contribution in [0.5, 0.6) is 0 Å². The van der Waals surface area contributed by atoms with Gasteiger partial charge in [0, 0.05) is 50.5 Å². The molecule has 1 aromatic carbocycles. The fourth-order valence-corrected chi connectivity index (χ4v) is 6.54. The van der Waals surface area contributed by atoms with Crippen molar-refractivity contribution < 1.29 is 9.66 Å². The number of anilines is 1. The molecule has 12 heteroatoms. The molecule has 0 saturated heterocycles. The predicted molar refractivity (Wildman–Crippen MR) is 176 cm³/mol. The van der Waals surface area contributed by atoms with E-state index in [1.165, 1.54) is 12.3 Å². The summed E-state index contributed by atoms with van der Waals surface area (Å²) in [6.45, 7) is 13.1. The molecule has 0 radical (unpaired) electrons. The number of fused-ring (bicyclic) bond motifs is 1. The summed E-state index contributed by atoms with van der Waals surface area (Å²) >= 11 is 0. The molecule has 1 fully saturated rings. The molecule has 2 unspecified atom stereocenters. The lowest BCUT2D eigenvalue weighted by Gasteiger charge is -2.39. The van der Waals surface area contributed by atoms with E-state index < -0.39 is 13.0 Å². The van der Waals surface area contributed by atoms with Crippen molar-refractivity contribution in [3.8, 4) is 11.4 Å². The Balaban J connectivity index is 1.33. The fraction of sp³-hybridized carbons (Fsp3) is 0.500. The van der Waals surface area contributed by atoms with Gasteiger partial charge >= 0.3 is 0 Å². The van der Waals surface area contributed by atoms with Crippen molar-refractivity contribution in [3.05, 3.63) is 70.2 Å². The van der Waals surface area contributed by atoms with E-state index in [4.69, 9.17) is 19.8 Å². The highest BCUT2D eigenvalue weighted by Gasteiger charge is 2.32. The minimum absolute atomic E-state index is 0.000891. The number of benzene rings is 1. The third-order valence-corrected chi connectivity index (χ3v) is 10.1. The summed E-state index contributed by atoms with van der Waals surface area (Å²) in [7, 11) is -1.20. The lowest BCUT2D eigenvalue weighted by atomic mass is 9.80. The summed E-state index contributed by atoms with van der Waals surface area (Å²) in [5.74, 6) is 0.611. The molecule has 3 heterocycles. The first-order valence-corrected chi connectivity index (χ1v) is 19.2. The van der Waals surface area contributed by atoms with Crippen LogP contribution < -0.4 is 10.6 Å².